The maximum Gasteiger partial charge on any atom is 0.294 e. The van der Waals surface area contributed by atoms with Crippen molar-refractivity contribution in [2.75, 3.05) is 13.1 Å². The molecule has 0 amide bonds. The lowest BCUT2D eigenvalue weighted by Crippen LogP contribution is -2.24. The Balaban J connectivity index is 2.24. The van der Waals surface area contributed by atoms with Gasteiger partial charge in [-0.25, -0.2) is 4.90 Å². The van der Waals surface area contributed by atoms with Crippen LogP contribution < -0.4 is 0 Å². The molecule has 1 nitrogen and oxygen atoms in total. The Morgan fingerprint density at radius 2 is 1.62 bits per heavy atom. The molecule has 0 N–H and O–H groups in total. The first-order chi connectivity index (χ1) is 3.80. The molecule has 0 radical (unpaired) electrons. The second kappa shape index (κ2) is 2.40. The monoisotopic (exact) mass is 121 g/mol. The Hall–Kier alpha value is -0.180. The zero-order valence-corrected chi connectivity index (χ0v) is 4.61. The fourth-order valence-electron chi connectivity index (χ4n) is 0.937. The maximum absolute atomic E-state index is 11.7. The first-order valence-corrected chi connectivity index (χ1v) is 2.83. The summed E-state index contributed by atoms with van der Waals surface area (Å²) in [5.74, 6) is 0. The van der Waals surface area contributed by atoms with Crippen LogP contribution in [0.1, 0.15) is 12.8 Å². The van der Waals surface area contributed by atoms with Crippen molar-refractivity contribution in [2.45, 2.75) is 19.4 Å². The number of nitrogens with zero attached hydrogens (tertiary/aromatic N) is 1. The molecule has 1 aliphatic heterocycles. The SMILES string of the molecule is FC(F)N1CCCC1. The predicted octanol–water partition coefficient (Wildman–Crippen LogP) is 1.30. The average Bonchev–Trinajstić information content (AvgIpc) is 2.12. The van der Waals surface area contributed by atoms with Crippen LogP contribution in [0.4, 0.5) is 8.78 Å². The molecule has 8 heavy (non-hydrogen) atoms. The molecule has 1 saturated heterocycles. The van der Waals surface area contributed by atoms with Crippen molar-refractivity contribution in [3.05, 3.63) is 0 Å². The number of hydrogen-bond acceptors (Lipinski definition) is 1. The summed E-state index contributed by atoms with van der Waals surface area (Å²) in [6, 6.07) is 0. The third-order valence-electron chi connectivity index (χ3n) is 1.42. The topological polar surface area (TPSA) is 3.24 Å². The molecule has 0 aromatic rings. The molecule has 3 heteroatoms. The van der Waals surface area contributed by atoms with Crippen LogP contribution in [0.3, 0.4) is 0 Å². The van der Waals surface area contributed by atoms with E-state index in [2.05, 4.69) is 0 Å². The van der Waals surface area contributed by atoms with E-state index in [-0.39, 0.29) is 0 Å². The minimum absolute atomic E-state index is 0.581. The van der Waals surface area contributed by atoms with E-state index in [1.807, 2.05) is 0 Å². The van der Waals surface area contributed by atoms with Crippen LogP contribution in [0.25, 0.3) is 0 Å². The predicted molar refractivity (Wildman–Crippen MR) is 26.8 cm³/mol. The van der Waals surface area contributed by atoms with Crippen LogP contribution in [-0.2, 0) is 0 Å². The first-order valence-electron chi connectivity index (χ1n) is 2.83. The first kappa shape index (κ1) is 5.95. The van der Waals surface area contributed by atoms with Gasteiger partial charge in [0.15, 0.2) is 0 Å². The van der Waals surface area contributed by atoms with E-state index in [0.29, 0.717) is 13.1 Å². The van der Waals surface area contributed by atoms with Crippen LogP contribution in [-0.4, -0.2) is 24.5 Å². The van der Waals surface area contributed by atoms with Crippen molar-refractivity contribution >= 4 is 0 Å². The van der Waals surface area contributed by atoms with Crippen LogP contribution in [0, 0.1) is 0 Å². The lowest BCUT2D eigenvalue weighted by molar-refractivity contribution is -0.0108. The van der Waals surface area contributed by atoms with E-state index in [0.717, 1.165) is 12.8 Å². The summed E-state index contributed by atoms with van der Waals surface area (Å²) in [6.07, 6.45) is 1.87. The molecule has 1 aliphatic rings. The van der Waals surface area contributed by atoms with Crippen molar-refractivity contribution < 1.29 is 8.78 Å². The summed E-state index contributed by atoms with van der Waals surface area (Å²) in [4.78, 5) is 1.19. The van der Waals surface area contributed by atoms with Crippen molar-refractivity contribution in [1.82, 2.24) is 4.90 Å². The molecule has 1 rings (SSSR count). The molecule has 48 valence electrons. The van der Waals surface area contributed by atoms with E-state index in [9.17, 15) is 8.78 Å². The van der Waals surface area contributed by atoms with Gasteiger partial charge in [-0.3, -0.25) is 0 Å². The third kappa shape index (κ3) is 1.15. The number of alkyl halides is 2. The molecule has 1 heterocycles. The minimum Gasteiger partial charge on any atom is -0.247 e. The lowest BCUT2D eigenvalue weighted by atomic mass is 10.4. The number of likely N-dealkylation sites (tertiary alicyclic amines) is 1. The van der Waals surface area contributed by atoms with Gasteiger partial charge in [0.1, 0.15) is 0 Å². The summed E-state index contributed by atoms with van der Waals surface area (Å²) in [7, 11) is 0. The number of halogens is 2. The van der Waals surface area contributed by atoms with E-state index < -0.39 is 6.55 Å². The molecule has 0 atom stereocenters. The Morgan fingerprint density at radius 1 is 1.12 bits per heavy atom. The molecular weight excluding hydrogens is 112 g/mol. The van der Waals surface area contributed by atoms with Gasteiger partial charge in [0.2, 0.25) is 0 Å². The number of rotatable bonds is 1. The van der Waals surface area contributed by atoms with Crippen molar-refractivity contribution in [1.29, 1.82) is 0 Å². The normalized spacial score (nSPS) is 22.9. The van der Waals surface area contributed by atoms with Crippen molar-refractivity contribution in [3.63, 3.8) is 0 Å². The van der Waals surface area contributed by atoms with Crippen LogP contribution >= 0.6 is 0 Å². The highest BCUT2D eigenvalue weighted by Crippen LogP contribution is 2.12. The van der Waals surface area contributed by atoms with Gasteiger partial charge in [0.25, 0.3) is 6.55 Å². The van der Waals surface area contributed by atoms with Gasteiger partial charge in [-0.2, -0.15) is 8.78 Å². The average molecular weight is 121 g/mol. The largest absolute Gasteiger partial charge is 0.294 e. The molecule has 0 bridgehead atoms. The summed E-state index contributed by atoms with van der Waals surface area (Å²) >= 11 is 0. The maximum atomic E-state index is 11.7. The summed E-state index contributed by atoms with van der Waals surface area (Å²) in [5, 5.41) is 0. The van der Waals surface area contributed by atoms with Gasteiger partial charge >= 0.3 is 0 Å². The highest BCUT2D eigenvalue weighted by molar-refractivity contribution is 4.63. The van der Waals surface area contributed by atoms with Gasteiger partial charge in [0.05, 0.1) is 0 Å². The summed E-state index contributed by atoms with van der Waals surface area (Å²) < 4.78 is 23.3. The van der Waals surface area contributed by atoms with Gasteiger partial charge in [0, 0.05) is 13.1 Å². The second-order valence-electron chi connectivity index (χ2n) is 2.02. The third-order valence-corrected chi connectivity index (χ3v) is 1.42. The lowest BCUT2D eigenvalue weighted by Gasteiger charge is -2.11. The zero-order chi connectivity index (χ0) is 5.98. The molecule has 0 aromatic heterocycles. The van der Waals surface area contributed by atoms with Gasteiger partial charge in [-0.1, -0.05) is 0 Å². The van der Waals surface area contributed by atoms with Gasteiger partial charge in [-0.05, 0) is 12.8 Å². The molecule has 0 aromatic carbocycles. The molecule has 0 saturated carbocycles. The van der Waals surface area contributed by atoms with E-state index in [1.54, 1.807) is 0 Å². The number of hydrogen-bond donors (Lipinski definition) is 0. The highest BCUT2D eigenvalue weighted by Gasteiger charge is 2.19. The van der Waals surface area contributed by atoms with Crippen molar-refractivity contribution in [2.24, 2.45) is 0 Å². The molecule has 1 fully saturated rings. The Morgan fingerprint density at radius 3 is 1.88 bits per heavy atom. The standard InChI is InChI=1S/C5H9F2N/c6-5(7)8-3-1-2-4-8/h5H,1-4H2. The minimum atomic E-state index is -2.22. The molecule has 0 unspecified atom stereocenters. The quantitative estimate of drug-likeness (QED) is 0.473. The highest BCUT2D eigenvalue weighted by atomic mass is 19.3. The fraction of sp³-hybridized carbons (Fsp3) is 1.00. The second-order valence-corrected chi connectivity index (χ2v) is 2.02. The summed E-state index contributed by atoms with van der Waals surface area (Å²) in [6.45, 7) is -1.06. The van der Waals surface area contributed by atoms with Gasteiger partial charge in [-0.15, -0.1) is 0 Å². The molecule has 0 spiro atoms. The Kier molecular flexibility index (Phi) is 1.78. The van der Waals surface area contributed by atoms with Gasteiger partial charge < -0.3 is 0 Å². The van der Waals surface area contributed by atoms with Crippen LogP contribution in [0.5, 0.6) is 0 Å². The summed E-state index contributed by atoms with van der Waals surface area (Å²) in [5.41, 5.74) is 0. The van der Waals surface area contributed by atoms with Crippen LogP contribution in [0.2, 0.25) is 0 Å². The fourth-order valence-corrected chi connectivity index (χ4v) is 0.937. The van der Waals surface area contributed by atoms with Crippen molar-refractivity contribution in [3.8, 4) is 0 Å². The van der Waals surface area contributed by atoms with Crippen LogP contribution in [0.15, 0.2) is 0 Å². The Labute approximate surface area is 47.3 Å². The van der Waals surface area contributed by atoms with E-state index in [4.69, 9.17) is 0 Å². The van der Waals surface area contributed by atoms with E-state index >= 15 is 0 Å². The Bertz CT molecular complexity index is 68.8. The molecule has 0 aliphatic carbocycles. The zero-order valence-electron chi connectivity index (χ0n) is 4.61. The molecular formula is C5H9F2N. The van der Waals surface area contributed by atoms with E-state index in [1.165, 1.54) is 4.90 Å². The smallest absolute Gasteiger partial charge is 0.247 e.